The SMILES string of the molecule is O=C(Nc1ccc2c(c1)CCN2)C(F)(F)F. The molecule has 0 saturated heterocycles. The van der Waals surface area contributed by atoms with Gasteiger partial charge in [0.15, 0.2) is 0 Å². The van der Waals surface area contributed by atoms with E-state index in [1.807, 2.05) is 5.32 Å². The fraction of sp³-hybridized carbons (Fsp3) is 0.300. The molecule has 0 spiro atoms. The molecule has 0 unspecified atom stereocenters. The second kappa shape index (κ2) is 3.70. The Bertz CT molecular complexity index is 429. The molecule has 6 heteroatoms. The lowest BCUT2D eigenvalue weighted by atomic mass is 10.1. The first-order valence-electron chi connectivity index (χ1n) is 4.72. The van der Waals surface area contributed by atoms with Crippen LogP contribution in [0, 0.1) is 0 Å². The molecule has 1 aromatic carbocycles. The highest BCUT2D eigenvalue weighted by Gasteiger charge is 2.38. The van der Waals surface area contributed by atoms with Crippen molar-refractivity contribution < 1.29 is 18.0 Å². The fourth-order valence-corrected chi connectivity index (χ4v) is 1.58. The van der Waals surface area contributed by atoms with Crippen LogP contribution in [0.2, 0.25) is 0 Å². The van der Waals surface area contributed by atoms with Crippen molar-refractivity contribution in [3.8, 4) is 0 Å². The van der Waals surface area contributed by atoms with E-state index in [1.54, 1.807) is 12.1 Å². The van der Waals surface area contributed by atoms with Gasteiger partial charge in [-0.05, 0) is 30.2 Å². The zero-order valence-corrected chi connectivity index (χ0v) is 8.19. The molecule has 2 rings (SSSR count). The summed E-state index contributed by atoms with van der Waals surface area (Å²) in [5, 5.41) is 4.90. The molecule has 0 atom stereocenters. The summed E-state index contributed by atoms with van der Waals surface area (Å²) in [6.45, 7) is 0.770. The number of anilines is 2. The summed E-state index contributed by atoms with van der Waals surface area (Å²) in [6, 6.07) is 4.66. The number of rotatable bonds is 1. The zero-order chi connectivity index (χ0) is 11.8. The summed E-state index contributed by atoms with van der Waals surface area (Å²) in [6.07, 6.45) is -4.09. The van der Waals surface area contributed by atoms with Crippen molar-refractivity contribution in [1.82, 2.24) is 0 Å². The predicted molar refractivity (Wildman–Crippen MR) is 53.3 cm³/mol. The number of hydrogen-bond acceptors (Lipinski definition) is 2. The molecular formula is C10H9F3N2O. The Morgan fingerprint density at radius 1 is 1.38 bits per heavy atom. The zero-order valence-electron chi connectivity index (χ0n) is 8.19. The van der Waals surface area contributed by atoms with Crippen LogP contribution in [0.1, 0.15) is 5.56 Å². The van der Waals surface area contributed by atoms with Crippen molar-refractivity contribution in [3.05, 3.63) is 23.8 Å². The van der Waals surface area contributed by atoms with Crippen LogP contribution in [0.5, 0.6) is 0 Å². The van der Waals surface area contributed by atoms with Gasteiger partial charge in [-0.15, -0.1) is 0 Å². The van der Waals surface area contributed by atoms with Crippen LogP contribution < -0.4 is 10.6 Å². The summed E-state index contributed by atoms with van der Waals surface area (Å²) in [5.74, 6) is -1.95. The van der Waals surface area contributed by atoms with E-state index in [0.29, 0.717) is 0 Å². The molecule has 2 N–H and O–H groups in total. The third kappa shape index (κ3) is 2.10. The maximum absolute atomic E-state index is 12.0. The van der Waals surface area contributed by atoms with Gasteiger partial charge in [0.2, 0.25) is 0 Å². The van der Waals surface area contributed by atoms with Crippen molar-refractivity contribution in [2.24, 2.45) is 0 Å². The number of halogens is 3. The minimum Gasteiger partial charge on any atom is -0.384 e. The molecule has 0 aromatic heterocycles. The van der Waals surface area contributed by atoms with Crippen molar-refractivity contribution in [2.45, 2.75) is 12.6 Å². The third-order valence-electron chi connectivity index (χ3n) is 2.33. The molecule has 1 aromatic rings. The molecule has 1 aliphatic rings. The van der Waals surface area contributed by atoms with E-state index in [9.17, 15) is 18.0 Å². The Morgan fingerprint density at radius 2 is 2.12 bits per heavy atom. The molecule has 16 heavy (non-hydrogen) atoms. The summed E-state index contributed by atoms with van der Waals surface area (Å²) in [7, 11) is 0. The second-order valence-corrected chi connectivity index (χ2v) is 3.50. The highest BCUT2D eigenvalue weighted by molar-refractivity contribution is 5.95. The smallest absolute Gasteiger partial charge is 0.384 e. The number of amides is 1. The van der Waals surface area contributed by atoms with Crippen LogP contribution in [-0.4, -0.2) is 18.6 Å². The van der Waals surface area contributed by atoms with Gasteiger partial charge in [-0.2, -0.15) is 13.2 Å². The minimum atomic E-state index is -4.85. The Labute approximate surface area is 89.6 Å². The van der Waals surface area contributed by atoms with Crippen molar-refractivity contribution >= 4 is 17.3 Å². The highest BCUT2D eigenvalue weighted by Crippen LogP contribution is 2.26. The van der Waals surface area contributed by atoms with Crippen LogP contribution in [0.4, 0.5) is 24.5 Å². The van der Waals surface area contributed by atoms with Crippen molar-refractivity contribution in [3.63, 3.8) is 0 Å². The lowest BCUT2D eigenvalue weighted by molar-refractivity contribution is -0.167. The van der Waals surface area contributed by atoms with Crippen LogP contribution in [0.15, 0.2) is 18.2 Å². The predicted octanol–water partition coefficient (Wildman–Crippen LogP) is 2.16. The van der Waals surface area contributed by atoms with Gasteiger partial charge < -0.3 is 10.6 Å². The molecule has 0 bridgehead atoms. The lowest BCUT2D eigenvalue weighted by Gasteiger charge is -2.09. The lowest BCUT2D eigenvalue weighted by Crippen LogP contribution is -2.29. The molecule has 1 heterocycles. The van der Waals surface area contributed by atoms with Crippen molar-refractivity contribution in [1.29, 1.82) is 0 Å². The standard InChI is InChI=1S/C10H9F3N2O/c11-10(12,13)9(16)15-7-1-2-8-6(5-7)3-4-14-8/h1-2,5,14H,3-4H2,(H,15,16). The molecule has 1 aliphatic heterocycles. The number of nitrogens with one attached hydrogen (secondary N) is 2. The number of alkyl halides is 3. The summed E-state index contributed by atoms with van der Waals surface area (Å²) in [5.41, 5.74) is 2.00. The molecule has 0 saturated carbocycles. The largest absolute Gasteiger partial charge is 0.471 e. The quantitative estimate of drug-likeness (QED) is 0.776. The maximum atomic E-state index is 12.0. The molecule has 0 aliphatic carbocycles. The van der Waals surface area contributed by atoms with Gasteiger partial charge >= 0.3 is 12.1 Å². The number of carbonyl (C=O) groups excluding carboxylic acids is 1. The van der Waals surface area contributed by atoms with E-state index < -0.39 is 12.1 Å². The van der Waals surface area contributed by atoms with Crippen molar-refractivity contribution in [2.75, 3.05) is 17.2 Å². The highest BCUT2D eigenvalue weighted by atomic mass is 19.4. The average Bonchev–Trinajstić information content (AvgIpc) is 2.63. The van der Waals surface area contributed by atoms with Gasteiger partial charge in [0.05, 0.1) is 0 Å². The molecule has 0 fully saturated rings. The maximum Gasteiger partial charge on any atom is 0.471 e. The van der Waals surface area contributed by atoms with Gasteiger partial charge in [-0.3, -0.25) is 4.79 Å². The fourth-order valence-electron chi connectivity index (χ4n) is 1.58. The summed E-state index contributed by atoms with van der Waals surface area (Å²) < 4.78 is 36.0. The Hall–Kier alpha value is -1.72. The van der Waals surface area contributed by atoms with Gasteiger partial charge in [0.25, 0.3) is 0 Å². The summed E-state index contributed by atoms with van der Waals surface area (Å²) in [4.78, 5) is 10.7. The molecule has 1 amide bonds. The first-order chi connectivity index (χ1) is 7.47. The number of carbonyl (C=O) groups is 1. The number of hydrogen-bond donors (Lipinski definition) is 2. The normalized spacial score (nSPS) is 14.2. The number of benzene rings is 1. The van der Waals surface area contributed by atoms with Gasteiger partial charge in [0, 0.05) is 17.9 Å². The van der Waals surface area contributed by atoms with Crippen LogP contribution in [-0.2, 0) is 11.2 Å². The van der Waals surface area contributed by atoms with E-state index in [-0.39, 0.29) is 5.69 Å². The van der Waals surface area contributed by atoms with E-state index in [0.717, 1.165) is 24.2 Å². The first-order valence-corrected chi connectivity index (χ1v) is 4.72. The molecule has 3 nitrogen and oxygen atoms in total. The average molecular weight is 230 g/mol. The molecule has 0 radical (unpaired) electrons. The first kappa shape index (κ1) is 10.8. The molecule has 86 valence electrons. The summed E-state index contributed by atoms with van der Waals surface area (Å²) >= 11 is 0. The van der Waals surface area contributed by atoms with E-state index >= 15 is 0 Å². The van der Waals surface area contributed by atoms with Crippen LogP contribution >= 0.6 is 0 Å². The van der Waals surface area contributed by atoms with E-state index in [1.165, 1.54) is 6.07 Å². The van der Waals surface area contributed by atoms with Gasteiger partial charge in [-0.1, -0.05) is 0 Å². The number of fused-ring (bicyclic) bond motifs is 1. The van der Waals surface area contributed by atoms with Gasteiger partial charge in [0.1, 0.15) is 0 Å². The van der Waals surface area contributed by atoms with Gasteiger partial charge in [-0.25, -0.2) is 0 Å². The second-order valence-electron chi connectivity index (χ2n) is 3.50. The van der Waals surface area contributed by atoms with Crippen LogP contribution in [0.3, 0.4) is 0 Å². The van der Waals surface area contributed by atoms with E-state index in [4.69, 9.17) is 0 Å². The minimum absolute atomic E-state index is 0.171. The topological polar surface area (TPSA) is 41.1 Å². The Kier molecular flexibility index (Phi) is 2.49. The Morgan fingerprint density at radius 3 is 2.81 bits per heavy atom. The monoisotopic (exact) mass is 230 g/mol. The molecular weight excluding hydrogens is 221 g/mol. The Balaban J connectivity index is 2.14. The van der Waals surface area contributed by atoms with Crippen LogP contribution in [0.25, 0.3) is 0 Å². The van der Waals surface area contributed by atoms with E-state index in [2.05, 4.69) is 5.32 Å². The third-order valence-corrected chi connectivity index (χ3v) is 2.33.